The molecule has 0 amide bonds. The highest BCUT2D eigenvalue weighted by Crippen LogP contribution is 2.26. The Labute approximate surface area is 111 Å². The molecule has 0 radical (unpaired) electrons. The van der Waals surface area contributed by atoms with Gasteiger partial charge in [-0.3, -0.25) is 10.1 Å². The summed E-state index contributed by atoms with van der Waals surface area (Å²) in [6, 6.07) is 6.35. The van der Waals surface area contributed by atoms with Gasteiger partial charge in [-0.15, -0.1) is 0 Å². The van der Waals surface area contributed by atoms with Crippen molar-refractivity contribution in [3.8, 4) is 6.07 Å². The van der Waals surface area contributed by atoms with Crippen LogP contribution >= 0.6 is 0 Å². The first kappa shape index (κ1) is 13.3. The minimum absolute atomic E-state index is 0.0595. The summed E-state index contributed by atoms with van der Waals surface area (Å²) in [6.45, 7) is 2.14. The third-order valence-electron chi connectivity index (χ3n) is 3.16. The van der Waals surface area contributed by atoms with Crippen LogP contribution in [-0.2, 0) is 4.74 Å². The summed E-state index contributed by atoms with van der Waals surface area (Å²) in [5, 5.41) is 22.8. The van der Waals surface area contributed by atoms with Gasteiger partial charge in [-0.05, 0) is 30.9 Å². The summed E-state index contributed by atoms with van der Waals surface area (Å²) in [6.07, 6.45) is 2.10. The van der Waals surface area contributed by atoms with Crippen LogP contribution in [0.1, 0.15) is 18.4 Å². The largest absolute Gasteiger partial charge is 0.381 e. The summed E-state index contributed by atoms with van der Waals surface area (Å²) in [5.41, 5.74) is 0.684. The predicted molar refractivity (Wildman–Crippen MR) is 69.8 cm³/mol. The van der Waals surface area contributed by atoms with E-state index in [1.54, 1.807) is 12.1 Å². The number of hydrogen-bond acceptors (Lipinski definition) is 5. The molecule has 1 aliphatic heterocycles. The normalized spacial score (nSPS) is 18.6. The molecule has 100 valence electrons. The van der Waals surface area contributed by atoms with Crippen molar-refractivity contribution in [3.63, 3.8) is 0 Å². The fourth-order valence-corrected chi connectivity index (χ4v) is 2.12. The van der Waals surface area contributed by atoms with Crippen LogP contribution in [0.4, 0.5) is 11.4 Å². The molecule has 2 rings (SSSR count). The van der Waals surface area contributed by atoms with E-state index in [2.05, 4.69) is 5.32 Å². The maximum absolute atomic E-state index is 11.0. The van der Waals surface area contributed by atoms with Crippen LogP contribution in [0.3, 0.4) is 0 Å². The highest BCUT2D eigenvalue weighted by Gasteiger charge is 2.18. The minimum Gasteiger partial charge on any atom is -0.381 e. The van der Waals surface area contributed by atoms with E-state index in [-0.39, 0.29) is 5.69 Å². The van der Waals surface area contributed by atoms with Gasteiger partial charge in [-0.2, -0.15) is 5.26 Å². The van der Waals surface area contributed by atoms with Gasteiger partial charge in [0.1, 0.15) is 5.69 Å². The highest BCUT2D eigenvalue weighted by molar-refractivity contribution is 5.64. The molecular weight excluding hydrogens is 246 g/mol. The lowest BCUT2D eigenvalue weighted by Gasteiger charge is -2.22. The maximum Gasteiger partial charge on any atom is 0.293 e. The summed E-state index contributed by atoms with van der Waals surface area (Å²) < 4.78 is 5.37. The van der Waals surface area contributed by atoms with E-state index in [1.807, 2.05) is 6.07 Å². The Balaban J connectivity index is 2.06. The lowest BCUT2D eigenvalue weighted by atomic mass is 10.0. The average molecular weight is 261 g/mol. The number of rotatable bonds is 4. The molecule has 1 unspecified atom stereocenters. The van der Waals surface area contributed by atoms with Crippen molar-refractivity contribution in [3.05, 3.63) is 33.9 Å². The van der Waals surface area contributed by atoms with Gasteiger partial charge in [0.2, 0.25) is 0 Å². The zero-order chi connectivity index (χ0) is 13.7. The zero-order valence-electron chi connectivity index (χ0n) is 10.5. The lowest BCUT2D eigenvalue weighted by molar-refractivity contribution is -0.384. The molecule has 0 saturated carbocycles. The monoisotopic (exact) mass is 261 g/mol. The second-order valence-corrected chi connectivity index (χ2v) is 4.56. The van der Waals surface area contributed by atoms with Crippen LogP contribution in [0.15, 0.2) is 18.2 Å². The van der Waals surface area contributed by atoms with E-state index < -0.39 is 4.92 Å². The Hall–Kier alpha value is -2.13. The molecule has 6 nitrogen and oxygen atoms in total. The number of benzene rings is 1. The van der Waals surface area contributed by atoms with Crippen LogP contribution in [0.5, 0.6) is 0 Å². The SMILES string of the molecule is N#Cc1ccc(NCC2CCCOC2)c([N+](=O)[O-])c1. The molecule has 1 atom stereocenters. The van der Waals surface area contributed by atoms with Gasteiger partial charge in [0.05, 0.1) is 23.2 Å². The van der Waals surface area contributed by atoms with Gasteiger partial charge in [-0.25, -0.2) is 0 Å². The summed E-state index contributed by atoms with van der Waals surface area (Å²) in [5.74, 6) is 0.379. The Morgan fingerprint density at radius 2 is 2.42 bits per heavy atom. The number of nitrogens with one attached hydrogen (secondary N) is 1. The van der Waals surface area contributed by atoms with Gasteiger partial charge in [0.15, 0.2) is 0 Å². The average Bonchev–Trinajstić information content (AvgIpc) is 2.46. The van der Waals surface area contributed by atoms with Crippen LogP contribution in [0.25, 0.3) is 0 Å². The van der Waals surface area contributed by atoms with Crippen LogP contribution in [0, 0.1) is 27.4 Å². The van der Waals surface area contributed by atoms with Gasteiger partial charge in [-0.1, -0.05) is 0 Å². The first-order valence-corrected chi connectivity index (χ1v) is 6.21. The summed E-state index contributed by atoms with van der Waals surface area (Å²) in [7, 11) is 0. The van der Waals surface area contributed by atoms with Gasteiger partial charge < -0.3 is 10.1 Å². The predicted octanol–water partition coefficient (Wildman–Crippen LogP) is 2.30. The van der Waals surface area contributed by atoms with Crippen LogP contribution in [-0.4, -0.2) is 24.7 Å². The van der Waals surface area contributed by atoms with Gasteiger partial charge >= 0.3 is 0 Å². The topological polar surface area (TPSA) is 88.2 Å². The van der Waals surface area contributed by atoms with Crippen LogP contribution < -0.4 is 5.32 Å². The third kappa shape index (κ3) is 3.42. The fraction of sp³-hybridized carbons (Fsp3) is 0.462. The highest BCUT2D eigenvalue weighted by atomic mass is 16.6. The summed E-state index contributed by atoms with van der Waals surface area (Å²) >= 11 is 0. The molecule has 1 aromatic rings. The Morgan fingerprint density at radius 3 is 3.05 bits per heavy atom. The molecule has 0 spiro atoms. The van der Waals surface area contributed by atoms with E-state index in [9.17, 15) is 10.1 Å². The molecule has 0 bridgehead atoms. The summed E-state index contributed by atoms with van der Waals surface area (Å²) in [4.78, 5) is 10.5. The number of hydrogen-bond donors (Lipinski definition) is 1. The second-order valence-electron chi connectivity index (χ2n) is 4.56. The quantitative estimate of drug-likeness (QED) is 0.663. The van der Waals surface area contributed by atoms with Crippen molar-refractivity contribution < 1.29 is 9.66 Å². The minimum atomic E-state index is -0.472. The maximum atomic E-state index is 11.0. The third-order valence-corrected chi connectivity index (χ3v) is 3.16. The smallest absolute Gasteiger partial charge is 0.293 e. The second kappa shape index (κ2) is 6.16. The molecule has 19 heavy (non-hydrogen) atoms. The molecule has 1 heterocycles. The number of nitriles is 1. The van der Waals surface area contributed by atoms with Crippen LogP contribution in [0.2, 0.25) is 0 Å². The van der Waals surface area contributed by atoms with Crippen molar-refractivity contribution in [2.45, 2.75) is 12.8 Å². The molecule has 1 fully saturated rings. The standard InChI is InChI=1S/C13H15N3O3/c14-7-10-3-4-12(13(6-10)16(17)18)15-8-11-2-1-5-19-9-11/h3-4,6,11,15H,1-2,5,8-9H2. The van der Waals surface area contributed by atoms with Gasteiger partial charge in [0, 0.05) is 19.2 Å². The fourth-order valence-electron chi connectivity index (χ4n) is 2.12. The Bertz CT molecular complexity index is 504. The van der Waals surface area contributed by atoms with Crippen molar-refractivity contribution in [1.29, 1.82) is 5.26 Å². The molecule has 0 aliphatic carbocycles. The van der Waals surface area contributed by atoms with Crippen molar-refractivity contribution in [2.24, 2.45) is 5.92 Å². The lowest BCUT2D eigenvalue weighted by Crippen LogP contribution is -2.24. The van der Waals surface area contributed by atoms with E-state index in [0.29, 0.717) is 30.3 Å². The molecular formula is C13H15N3O3. The van der Waals surface area contributed by atoms with E-state index in [0.717, 1.165) is 19.4 Å². The first-order chi connectivity index (χ1) is 9.20. The number of ether oxygens (including phenoxy) is 1. The van der Waals surface area contributed by atoms with Crippen molar-refractivity contribution >= 4 is 11.4 Å². The molecule has 1 aromatic carbocycles. The molecule has 1 saturated heterocycles. The van der Waals surface area contributed by atoms with E-state index in [4.69, 9.17) is 10.00 Å². The number of anilines is 1. The molecule has 6 heteroatoms. The first-order valence-electron chi connectivity index (χ1n) is 6.21. The van der Waals surface area contributed by atoms with Gasteiger partial charge in [0.25, 0.3) is 5.69 Å². The molecule has 1 N–H and O–H groups in total. The number of nitro groups is 1. The Kier molecular flexibility index (Phi) is 4.31. The Morgan fingerprint density at radius 1 is 1.58 bits per heavy atom. The molecule has 1 aliphatic rings. The van der Waals surface area contributed by atoms with E-state index in [1.165, 1.54) is 6.07 Å². The number of nitro benzene ring substituents is 1. The number of nitrogens with zero attached hydrogens (tertiary/aromatic N) is 2. The molecule has 0 aromatic heterocycles. The van der Waals surface area contributed by atoms with Crippen molar-refractivity contribution in [1.82, 2.24) is 0 Å². The van der Waals surface area contributed by atoms with E-state index >= 15 is 0 Å². The zero-order valence-corrected chi connectivity index (χ0v) is 10.5. The van der Waals surface area contributed by atoms with Crippen molar-refractivity contribution in [2.75, 3.05) is 25.1 Å².